The van der Waals surface area contributed by atoms with Crippen molar-refractivity contribution in [1.29, 1.82) is 0 Å². The number of carbonyl (C=O) groups is 1. The van der Waals surface area contributed by atoms with Gasteiger partial charge in [-0.05, 0) is 61.2 Å². The zero-order chi connectivity index (χ0) is 27.8. The van der Waals surface area contributed by atoms with Crippen molar-refractivity contribution in [2.45, 2.75) is 40.3 Å². The standard InChI is InChI=1S/C31H36N4O4/c1-5-23-21(18-33-17-20-10-8-12-22(14-20)37-4)11-9-13-26(23)35-30-24-15-28(38-6-2)29(39-7-3)16-27(24)34-19-25(30)31(32)36/h8-16,19,33H,5-7,17-18H2,1-4H3,(H2,32,36)(H,34,35). The van der Waals surface area contributed by atoms with Crippen molar-refractivity contribution in [2.75, 3.05) is 25.6 Å². The maximum atomic E-state index is 12.4. The lowest BCUT2D eigenvalue weighted by Gasteiger charge is -2.19. The number of benzene rings is 3. The lowest BCUT2D eigenvalue weighted by Crippen LogP contribution is -2.16. The van der Waals surface area contributed by atoms with E-state index < -0.39 is 5.91 Å². The van der Waals surface area contributed by atoms with Crippen LogP contribution in [0.1, 0.15) is 47.8 Å². The maximum absolute atomic E-state index is 12.4. The van der Waals surface area contributed by atoms with Crippen molar-refractivity contribution in [3.63, 3.8) is 0 Å². The zero-order valence-electron chi connectivity index (χ0n) is 23.0. The fraction of sp³-hybridized carbons (Fsp3) is 0.290. The molecule has 0 bridgehead atoms. The first kappa shape index (κ1) is 27.7. The van der Waals surface area contributed by atoms with Crippen LogP contribution in [0.4, 0.5) is 11.4 Å². The highest BCUT2D eigenvalue weighted by Crippen LogP contribution is 2.38. The molecule has 0 aliphatic heterocycles. The molecule has 0 saturated carbocycles. The topological polar surface area (TPSA) is 108 Å². The number of fused-ring (bicyclic) bond motifs is 1. The maximum Gasteiger partial charge on any atom is 0.252 e. The number of hydrogen-bond donors (Lipinski definition) is 3. The molecule has 1 heterocycles. The molecule has 0 atom stereocenters. The highest BCUT2D eigenvalue weighted by molar-refractivity contribution is 6.08. The van der Waals surface area contributed by atoms with Crippen LogP contribution in [0.25, 0.3) is 10.9 Å². The van der Waals surface area contributed by atoms with E-state index in [1.165, 1.54) is 6.20 Å². The van der Waals surface area contributed by atoms with Crippen LogP contribution in [0.5, 0.6) is 17.2 Å². The molecule has 0 unspecified atom stereocenters. The molecule has 204 valence electrons. The van der Waals surface area contributed by atoms with Gasteiger partial charge in [0.25, 0.3) is 5.91 Å². The average Bonchev–Trinajstić information content (AvgIpc) is 2.94. The molecule has 3 aromatic carbocycles. The Morgan fingerprint density at radius 3 is 2.38 bits per heavy atom. The first-order chi connectivity index (χ1) is 19.0. The number of carbonyl (C=O) groups excluding carboxylic acids is 1. The van der Waals surface area contributed by atoms with E-state index in [1.54, 1.807) is 7.11 Å². The molecule has 4 N–H and O–H groups in total. The van der Waals surface area contributed by atoms with Crippen LogP contribution in [0.3, 0.4) is 0 Å². The van der Waals surface area contributed by atoms with Gasteiger partial charge >= 0.3 is 0 Å². The molecule has 0 fully saturated rings. The molecule has 1 amide bonds. The summed E-state index contributed by atoms with van der Waals surface area (Å²) in [6.45, 7) is 8.31. The van der Waals surface area contributed by atoms with Gasteiger partial charge in [0.2, 0.25) is 0 Å². The minimum atomic E-state index is -0.562. The number of hydrogen-bond acceptors (Lipinski definition) is 7. The third-order valence-electron chi connectivity index (χ3n) is 6.46. The number of rotatable bonds is 13. The Morgan fingerprint density at radius 1 is 0.949 bits per heavy atom. The predicted octanol–water partition coefficient (Wildman–Crippen LogP) is 5.74. The Hall–Kier alpha value is -4.30. The Morgan fingerprint density at radius 2 is 1.69 bits per heavy atom. The van der Waals surface area contributed by atoms with Gasteiger partial charge in [0.05, 0.1) is 37.1 Å². The quantitative estimate of drug-likeness (QED) is 0.203. The number of nitrogens with one attached hydrogen (secondary N) is 2. The Kier molecular flexibility index (Phi) is 9.22. The van der Waals surface area contributed by atoms with E-state index in [1.807, 2.05) is 56.3 Å². The average molecular weight is 529 g/mol. The summed E-state index contributed by atoms with van der Waals surface area (Å²) in [4.78, 5) is 16.9. The van der Waals surface area contributed by atoms with Crippen molar-refractivity contribution in [1.82, 2.24) is 10.3 Å². The zero-order valence-corrected chi connectivity index (χ0v) is 23.0. The summed E-state index contributed by atoms with van der Waals surface area (Å²) in [7, 11) is 1.67. The van der Waals surface area contributed by atoms with E-state index in [9.17, 15) is 4.79 Å². The molecule has 8 nitrogen and oxygen atoms in total. The monoisotopic (exact) mass is 528 g/mol. The second-order valence-corrected chi connectivity index (χ2v) is 8.97. The van der Waals surface area contributed by atoms with Gasteiger partial charge in [-0.25, -0.2) is 0 Å². The number of ether oxygens (including phenoxy) is 3. The Bertz CT molecular complexity index is 1450. The van der Waals surface area contributed by atoms with Crippen LogP contribution in [0.2, 0.25) is 0 Å². The fourth-order valence-corrected chi connectivity index (χ4v) is 4.65. The van der Waals surface area contributed by atoms with Crippen molar-refractivity contribution in [3.05, 3.63) is 83.0 Å². The molecule has 1 aromatic heterocycles. The van der Waals surface area contributed by atoms with E-state index in [0.29, 0.717) is 54.6 Å². The van der Waals surface area contributed by atoms with E-state index in [0.717, 1.165) is 39.9 Å². The van der Waals surface area contributed by atoms with Crippen LogP contribution >= 0.6 is 0 Å². The Labute approximate surface area is 229 Å². The van der Waals surface area contributed by atoms with Gasteiger partial charge in [-0.2, -0.15) is 0 Å². The normalized spacial score (nSPS) is 10.9. The lowest BCUT2D eigenvalue weighted by atomic mass is 10.0. The number of methoxy groups -OCH3 is 1. The summed E-state index contributed by atoms with van der Waals surface area (Å²) in [6, 6.07) is 17.9. The highest BCUT2D eigenvalue weighted by atomic mass is 16.5. The number of nitrogens with zero attached hydrogens (tertiary/aromatic N) is 1. The molecule has 39 heavy (non-hydrogen) atoms. The molecular formula is C31H36N4O4. The third-order valence-corrected chi connectivity index (χ3v) is 6.46. The van der Waals surface area contributed by atoms with Crippen molar-refractivity contribution in [2.24, 2.45) is 5.73 Å². The molecule has 0 aliphatic carbocycles. The molecule has 4 aromatic rings. The van der Waals surface area contributed by atoms with E-state index in [2.05, 4.69) is 34.7 Å². The van der Waals surface area contributed by atoms with Gasteiger partial charge in [-0.3, -0.25) is 9.78 Å². The molecule has 0 saturated heterocycles. The van der Waals surface area contributed by atoms with Gasteiger partial charge in [0, 0.05) is 36.4 Å². The van der Waals surface area contributed by atoms with Gasteiger partial charge in [0.1, 0.15) is 5.75 Å². The number of amides is 1. The minimum Gasteiger partial charge on any atom is -0.497 e. The second kappa shape index (κ2) is 13.0. The second-order valence-electron chi connectivity index (χ2n) is 8.97. The largest absolute Gasteiger partial charge is 0.497 e. The SMILES string of the molecule is CCOc1cc2ncc(C(N)=O)c(Nc3cccc(CNCc4cccc(OC)c4)c3CC)c2cc1OCC. The minimum absolute atomic E-state index is 0.303. The van der Waals surface area contributed by atoms with E-state index in [-0.39, 0.29) is 0 Å². The van der Waals surface area contributed by atoms with Crippen LogP contribution in [0.15, 0.2) is 60.8 Å². The predicted molar refractivity (Wildman–Crippen MR) is 155 cm³/mol. The summed E-state index contributed by atoms with van der Waals surface area (Å²) in [5.41, 5.74) is 11.7. The summed E-state index contributed by atoms with van der Waals surface area (Å²) in [5.74, 6) is 1.47. The fourth-order valence-electron chi connectivity index (χ4n) is 4.65. The summed E-state index contributed by atoms with van der Waals surface area (Å²) >= 11 is 0. The molecule has 8 heteroatoms. The Balaban J connectivity index is 1.69. The van der Waals surface area contributed by atoms with Crippen LogP contribution in [0, 0.1) is 0 Å². The molecule has 0 spiro atoms. The number of anilines is 2. The van der Waals surface area contributed by atoms with Crippen LogP contribution < -0.4 is 30.6 Å². The summed E-state index contributed by atoms with van der Waals surface area (Å²) in [5, 5.41) is 7.78. The molecular weight excluding hydrogens is 492 g/mol. The number of primary amides is 1. The molecule has 0 aliphatic rings. The van der Waals surface area contributed by atoms with Gasteiger partial charge in [0.15, 0.2) is 11.5 Å². The number of nitrogens with two attached hydrogens (primary N) is 1. The van der Waals surface area contributed by atoms with Crippen molar-refractivity contribution >= 4 is 28.2 Å². The van der Waals surface area contributed by atoms with Gasteiger partial charge in [-0.15, -0.1) is 0 Å². The van der Waals surface area contributed by atoms with E-state index >= 15 is 0 Å². The van der Waals surface area contributed by atoms with Crippen molar-refractivity contribution in [3.8, 4) is 17.2 Å². The number of aromatic nitrogens is 1. The highest BCUT2D eigenvalue weighted by Gasteiger charge is 2.18. The smallest absolute Gasteiger partial charge is 0.252 e. The van der Waals surface area contributed by atoms with Crippen LogP contribution in [-0.4, -0.2) is 31.2 Å². The molecule has 0 radical (unpaired) electrons. The molecule has 4 rings (SSSR count). The summed E-state index contributed by atoms with van der Waals surface area (Å²) < 4.78 is 17.0. The van der Waals surface area contributed by atoms with Gasteiger partial charge < -0.3 is 30.6 Å². The first-order valence-electron chi connectivity index (χ1n) is 13.2. The van der Waals surface area contributed by atoms with Crippen LogP contribution in [-0.2, 0) is 19.5 Å². The van der Waals surface area contributed by atoms with E-state index in [4.69, 9.17) is 19.9 Å². The van der Waals surface area contributed by atoms with Crippen molar-refractivity contribution < 1.29 is 19.0 Å². The number of pyridine rings is 1. The third kappa shape index (κ3) is 6.41. The summed E-state index contributed by atoms with van der Waals surface area (Å²) in [6.07, 6.45) is 2.31. The van der Waals surface area contributed by atoms with Gasteiger partial charge in [-0.1, -0.05) is 31.2 Å². The lowest BCUT2D eigenvalue weighted by molar-refractivity contribution is 0.100. The first-order valence-corrected chi connectivity index (χ1v) is 13.2.